The highest BCUT2D eigenvalue weighted by Gasteiger charge is 1.92. The fourth-order valence-corrected chi connectivity index (χ4v) is 0.523. The highest BCUT2D eigenvalue weighted by atomic mass is 32.1. The molecule has 0 radical (unpaired) electrons. The molecule has 0 spiro atoms. The lowest BCUT2D eigenvalue weighted by Gasteiger charge is -2.07. The van der Waals surface area contributed by atoms with Crippen LogP contribution >= 0.6 is 12.6 Å². The maximum atomic E-state index is 5.33. The van der Waals surface area contributed by atoms with Gasteiger partial charge in [-0.05, 0) is 6.92 Å². The first-order chi connectivity index (χ1) is 3.81. The van der Waals surface area contributed by atoms with E-state index < -0.39 is 0 Å². The van der Waals surface area contributed by atoms with E-state index in [-0.39, 0.29) is 0 Å². The van der Waals surface area contributed by atoms with Crippen molar-refractivity contribution in [3.05, 3.63) is 0 Å². The number of hydrogen-bond donors (Lipinski definition) is 3. The normalized spacial score (nSPS) is 13.9. The largest absolute Gasteiger partial charge is 0.329 e. The Labute approximate surface area is 56.2 Å². The summed E-state index contributed by atoms with van der Waals surface area (Å²) in [7, 11) is 0. The molecule has 8 heavy (non-hydrogen) atoms. The zero-order chi connectivity index (χ0) is 6.41. The van der Waals surface area contributed by atoms with E-state index in [0.29, 0.717) is 12.6 Å². The number of rotatable bonds is 4. The molecule has 0 saturated carbocycles. The lowest BCUT2D eigenvalue weighted by atomic mass is 10.3. The first-order valence-corrected chi connectivity index (χ1v) is 3.48. The predicted molar refractivity (Wildman–Crippen MR) is 40.4 cm³/mol. The molecule has 0 aromatic carbocycles. The van der Waals surface area contributed by atoms with Crippen LogP contribution in [0.15, 0.2) is 0 Å². The summed E-state index contributed by atoms with van der Waals surface area (Å²) in [6.45, 7) is 3.71. The second-order valence-electron chi connectivity index (χ2n) is 1.81. The molecule has 0 aliphatic heterocycles. The Bertz CT molecular complexity index is 49.7. The molecule has 0 heterocycles. The number of nitrogens with one attached hydrogen (secondary N) is 1. The first-order valence-electron chi connectivity index (χ1n) is 2.85. The summed E-state index contributed by atoms with van der Waals surface area (Å²) in [5.74, 6) is 0.879. The Hall–Kier alpha value is 0.270. The molecule has 0 rings (SSSR count). The van der Waals surface area contributed by atoms with Crippen LogP contribution in [0.25, 0.3) is 0 Å². The standard InChI is InChI=1S/C5H14N2S/c1-5(4-6)7-2-3-8/h5,7-8H,2-4,6H2,1H3. The number of hydrogen-bond acceptors (Lipinski definition) is 3. The summed E-state index contributed by atoms with van der Waals surface area (Å²) in [6.07, 6.45) is 0. The summed E-state index contributed by atoms with van der Waals surface area (Å²) in [4.78, 5) is 0. The Balaban J connectivity index is 2.86. The van der Waals surface area contributed by atoms with Crippen LogP contribution in [-0.4, -0.2) is 24.9 Å². The van der Waals surface area contributed by atoms with Crippen LogP contribution in [0.2, 0.25) is 0 Å². The molecule has 1 atom stereocenters. The monoisotopic (exact) mass is 134 g/mol. The van der Waals surface area contributed by atoms with Gasteiger partial charge in [-0.3, -0.25) is 0 Å². The highest BCUT2D eigenvalue weighted by Crippen LogP contribution is 1.75. The van der Waals surface area contributed by atoms with Crippen molar-refractivity contribution in [2.75, 3.05) is 18.8 Å². The molecule has 2 nitrogen and oxygen atoms in total. The summed E-state index contributed by atoms with van der Waals surface area (Å²) >= 11 is 4.03. The van der Waals surface area contributed by atoms with Crippen LogP contribution in [-0.2, 0) is 0 Å². The number of nitrogens with two attached hydrogens (primary N) is 1. The van der Waals surface area contributed by atoms with Gasteiger partial charge in [0.2, 0.25) is 0 Å². The van der Waals surface area contributed by atoms with E-state index in [2.05, 4.69) is 24.9 Å². The maximum Gasteiger partial charge on any atom is 0.0162 e. The third-order valence-electron chi connectivity index (χ3n) is 0.958. The molecule has 3 heteroatoms. The zero-order valence-electron chi connectivity index (χ0n) is 5.22. The SMILES string of the molecule is CC(CN)NCCS. The van der Waals surface area contributed by atoms with E-state index in [1.165, 1.54) is 0 Å². The minimum Gasteiger partial charge on any atom is -0.329 e. The second-order valence-corrected chi connectivity index (χ2v) is 2.26. The smallest absolute Gasteiger partial charge is 0.0162 e. The van der Waals surface area contributed by atoms with Crippen LogP contribution in [0.3, 0.4) is 0 Å². The summed E-state index contributed by atoms with van der Waals surface area (Å²) < 4.78 is 0. The average Bonchev–Trinajstić information content (AvgIpc) is 1.83. The van der Waals surface area contributed by atoms with Crippen LogP contribution < -0.4 is 11.1 Å². The molecule has 0 bridgehead atoms. The van der Waals surface area contributed by atoms with Crippen LogP contribution in [0.5, 0.6) is 0 Å². The van der Waals surface area contributed by atoms with Crippen molar-refractivity contribution in [2.45, 2.75) is 13.0 Å². The molecule has 0 aromatic rings. The lowest BCUT2D eigenvalue weighted by molar-refractivity contribution is 0.580. The lowest BCUT2D eigenvalue weighted by Crippen LogP contribution is -2.34. The minimum atomic E-state index is 0.433. The molecular weight excluding hydrogens is 120 g/mol. The fraction of sp³-hybridized carbons (Fsp3) is 1.00. The molecule has 0 saturated heterocycles. The Kier molecular flexibility index (Phi) is 5.59. The first kappa shape index (κ1) is 8.27. The van der Waals surface area contributed by atoms with Crippen LogP contribution in [0.1, 0.15) is 6.92 Å². The van der Waals surface area contributed by atoms with Gasteiger partial charge < -0.3 is 11.1 Å². The molecular formula is C5H14N2S. The van der Waals surface area contributed by atoms with Gasteiger partial charge in [0.25, 0.3) is 0 Å². The molecule has 0 amide bonds. The Morgan fingerprint density at radius 1 is 1.75 bits per heavy atom. The van der Waals surface area contributed by atoms with Gasteiger partial charge in [0.15, 0.2) is 0 Å². The van der Waals surface area contributed by atoms with Gasteiger partial charge >= 0.3 is 0 Å². The van der Waals surface area contributed by atoms with Crippen molar-refractivity contribution < 1.29 is 0 Å². The van der Waals surface area contributed by atoms with Gasteiger partial charge in [-0.2, -0.15) is 12.6 Å². The fourth-order valence-electron chi connectivity index (χ4n) is 0.394. The maximum absolute atomic E-state index is 5.33. The van der Waals surface area contributed by atoms with Gasteiger partial charge in [0.1, 0.15) is 0 Å². The quantitative estimate of drug-likeness (QED) is 0.468. The molecule has 0 aliphatic carbocycles. The van der Waals surface area contributed by atoms with Gasteiger partial charge in [0.05, 0.1) is 0 Å². The van der Waals surface area contributed by atoms with Crippen LogP contribution in [0, 0.1) is 0 Å². The van der Waals surface area contributed by atoms with Crippen molar-refractivity contribution in [2.24, 2.45) is 5.73 Å². The van der Waals surface area contributed by atoms with E-state index in [1.54, 1.807) is 0 Å². The van der Waals surface area contributed by atoms with Crippen molar-refractivity contribution >= 4 is 12.6 Å². The Morgan fingerprint density at radius 3 is 2.75 bits per heavy atom. The topological polar surface area (TPSA) is 38.0 Å². The van der Waals surface area contributed by atoms with Gasteiger partial charge in [-0.25, -0.2) is 0 Å². The van der Waals surface area contributed by atoms with E-state index in [0.717, 1.165) is 12.3 Å². The minimum absolute atomic E-state index is 0.433. The average molecular weight is 134 g/mol. The second kappa shape index (κ2) is 5.41. The summed E-state index contributed by atoms with van der Waals surface area (Å²) in [6, 6.07) is 0.433. The van der Waals surface area contributed by atoms with Crippen molar-refractivity contribution in [3.63, 3.8) is 0 Å². The molecule has 1 unspecified atom stereocenters. The zero-order valence-corrected chi connectivity index (χ0v) is 6.12. The molecule has 50 valence electrons. The molecule has 0 aromatic heterocycles. The highest BCUT2D eigenvalue weighted by molar-refractivity contribution is 7.80. The molecule has 0 aliphatic rings. The van der Waals surface area contributed by atoms with Gasteiger partial charge in [0, 0.05) is 24.9 Å². The van der Waals surface area contributed by atoms with Crippen molar-refractivity contribution in [1.82, 2.24) is 5.32 Å². The molecule has 3 N–H and O–H groups in total. The van der Waals surface area contributed by atoms with Crippen molar-refractivity contribution in [3.8, 4) is 0 Å². The van der Waals surface area contributed by atoms with Gasteiger partial charge in [-0.1, -0.05) is 0 Å². The van der Waals surface area contributed by atoms with Crippen molar-refractivity contribution in [1.29, 1.82) is 0 Å². The molecule has 0 fully saturated rings. The van der Waals surface area contributed by atoms with E-state index in [9.17, 15) is 0 Å². The third kappa shape index (κ3) is 4.43. The Morgan fingerprint density at radius 2 is 2.38 bits per heavy atom. The number of thiol groups is 1. The third-order valence-corrected chi connectivity index (χ3v) is 1.18. The van der Waals surface area contributed by atoms with E-state index >= 15 is 0 Å². The summed E-state index contributed by atoms with van der Waals surface area (Å²) in [5, 5.41) is 3.18. The van der Waals surface area contributed by atoms with E-state index in [4.69, 9.17) is 5.73 Å². The van der Waals surface area contributed by atoms with Gasteiger partial charge in [-0.15, -0.1) is 0 Å². The predicted octanol–water partition coefficient (Wildman–Crippen LogP) is -0.147. The van der Waals surface area contributed by atoms with E-state index in [1.807, 2.05) is 0 Å². The van der Waals surface area contributed by atoms with Crippen LogP contribution in [0.4, 0.5) is 0 Å². The summed E-state index contributed by atoms with van der Waals surface area (Å²) in [5.41, 5.74) is 5.33.